The minimum absolute atomic E-state index is 0.100. The van der Waals surface area contributed by atoms with Gasteiger partial charge in [-0.25, -0.2) is 0 Å². The number of aromatic amines is 1. The van der Waals surface area contributed by atoms with Gasteiger partial charge in [0.25, 0.3) is 0 Å². The van der Waals surface area contributed by atoms with Crippen molar-refractivity contribution in [2.75, 3.05) is 33.3 Å². The average molecular weight is 376 g/mol. The van der Waals surface area contributed by atoms with Crippen LogP contribution in [0.15, 0.2) is 48.5 Å². The lowest BCUT2D eigenvalue weighted by atomic mass is 9.79. The molecule has 0 saturated carbocycles. The minimum Gasteiger partial charge on any atom is -0.497 e. The summed E-state index contributed by atoms with van der Waals surface area (Å²) in [6.07, 6.45) is 4.55. The molecule has 28 heavy (non-hydrogen) atoms. The third-order valence-electron chi connectivity index (χ3n) is 6.70. The van der Waals surface area contributed by atoms with Crippen molar-refractivity contribution in [3.8, 4) is 5.75 Å². The molecular formula is C24H29N3O. The normalized spacial score (nSPS) is 19.0. The Morgan fingerprint density at radius 1 is 1.07 bits per heavy atom. The number of aromatic nitrogens is 1. The number of nitrogens with zero attached hydrogens (tertiary/aromatic N) is 1. The average Bonchev–Trinajstić information content (AvgIpc) is 3.14. The molecular weight excluding hydrogens is 346 g/mol. The van der Waals surface area contributed by atoms with E-state index in [-0.39, 0.29) is 5.54 Å². The van der Waals surface area contributed by atoms with Gasteiger partial charge in [0.2, 0.25) is 0 Å². The number of piperidine rings is 1. The van der Waals surface area contributed by atoms with E-state index >= 15 is 0 Å². The van der Waals surface area contributed by atoms with Crippen molar-refractivity contribution < 1.29 is 4.74 Å². The fourth-order valence-electron chi connectivity index (χ4n) is 5.05. The highest BCUT2D eigenvalue weighted by molar-refractivity contribution is 5.86. The molecule has 0 atom stereocenters. The van der Waals surface area contributed by atoms with E-state index in [4.69, 9.17) is 4.74 Å². The van der Waals surface area contributed by atoms with Crippen LogP contribution < -0.4 is 10.1 Å². The predicted octanol–water partition coefficient (Wildman–Crippen LogP) is 3.86. The summed E-state index contributed by atoms with van der Waals surface area (Å²) in [6.45, 7) is 4.51. The van der Waals surface area contributed by atoms with E-state index in [1.807, 2.05) is 0 Å². The number of ether oxygens (including phenoxy) is 1. The molecule has 1 spiro atoms. The second-order valence-corrected chi connectivity index (χ2v) is 8.23. The van der Waals surface area contributed by atoms with Gasteiger partial charge in [-0.15, -0.1) is 0 Å². The fourth-order valence-corrected chi connectivity index (χ4v) is 5.05. The second-order valence-electron chi connectivity index (χ2n) is 8.23. The van der Waals surface area contributed by atoms with Gasteiger partial charge in [-0.2, -0.15) is 0 Å². The highest BCUT2D eigenvalue weighted by Gasteiger charge is 2.41. The summed E-state index contributed by atoms with van der Waals surface area (Å²) < 4.78 is 5.46. The number of methoxy groups -OCH3 is 1. The number of benzene rings is 2. The molecule has 4 nitrogen and oxygen atoms in total. The quantitative estimate of drug-likeness (QED) is 0.728. The van der Waals surface area contributed by atoms with Crippen LogP contribution in [0.4, 0.5) is 0 Å². The molecule has 1 aromatic heterocycles. The van der Waals surface area contributed by atoms with Crippen LogP contribution in [0.5, 0.6) is 5.75 Å². The molecule has 1 fully saturated rings. The zero-order valence-corrected chi connectivity index (χ0v) is 16.6. The summed E-state index contributed by atoms with van der Waals surface area (Å²) in [7, 11) is 1.74. The van der Waals surface area contributed by atoms with Gasteiger partial charge < -0.3 is 19.9 Å². The van der Waals surface area contributed by atoms with Crippen molar-refractivity contribution in [1.29, 1.82) is 0 Å². The van der Waals surface area contributed by atoms with Crippen molar-refractivity contribution in [2.24, 2.45) is 0 Å². The van der Waals surface area contributed by atoms with Crippen LogP contribution in [0.3, 0.4) is 0 Å². The van der Waals surface area contributed by atoms with Crippen LogP contribution in [-0.4, -0.2) is 43.2 Å². The summed E-state index contributed by atoms with van der Waals surface area (Å²) in [5, 5.41) is 5.22. The molecule has 0 radical (unpaired) electrons. The lowest BCUT2D eigenvalue weighted by molar-refractivity contribution is 0.127. The fraction of sp³-hybridized carbons (Fsp3) is 0.417. The number of nitrogens with one attached hydrogen (secondary N) is 2. The Morgan fingerprint density at radius 2 is 1.89 bits per heavy atom. The van der Waals surface area contributed by atoms with Crippen LogP contribution in [0.2, 0.25) is 0 Å². The Balaban J connectivity index is 1.34. The molecule has 5 rings (SSSR count). The molecule has 2 N–H and O–H groups in total. The maximum Gasteiger partial charge on any atom is 0.119 e. The zero-order chi connectivity index (χ0) is 19.0. The van der Waals surface area contributed by atoms with E-state index in [1.165, 1.54) is 40.6 Å². The Kier molecular flexibility index (Phi) is 4.61. The molecule has 0 amide bonds. The first-order valence-electron chi connectivity index (χ1n) is 10.5. The molecule has 146 valence electrons. The first-order chi connectivity index (χ1) is 13.8. The minimum atomic E-state index is 0.100. The summed E-state index contributed by atoms with van der Waals surface area (Å²) in [4.78, 5) is 6.39. The van der Waals surface area contributed by atoms with Gasteiger partial charge in [0.1, 0.15) is 5.75 Å². The third kappa shape index (κ3) is 3.11. The number of H-pyrrole nitrogens is 1. The molecule has 0 aliphatic carbocycles. The van der Waals surface area contributed by atoms with Gasteiger partial charge in [0, 0.05) is 42.8 Å². The molecule has 0 bridgehead atoms. The Labute approximate surface area is 166 Å². The maximum atomic E-state index is 5.46. The molecule has 2 aromatic carbocycles. The van der Waals surface area contributed by atoms with E-state index in [0.29, 0.717) is 0 Å². The van der Waals surface area contributed by atoms with Gasteiger partial charge in [-0.05, 0) is 55.0 Å². The zero-order valence-electron chi connectivity index (χ0n) is 16.6. The van der Waals surface area contributed by atoms with Crippen molar-refractivity contribution >= 4 is 10.9 Å². The van der Waals surface area contributed by atoms with Crippen molar-refractivity contribution in [1.82, 2.24) is 15.2 Å². The summed E-state index contributed by atoms with van der Waals surface area (Å²) in [6, 6.07) is 17.2. The largest absolute Gasteiger partial charge is 0.497 e. The smallest absolute Gasteiger partial charge is 0.119 e. The Morgan fingerprint density at radius 3 is 2.68 bits per heavy atom. The number of fused-ring (bicyclic) bond motifs is 4. The van der Waals surface area contributed by atoms with Crippen molar-refractivity contribution in [2.45, 2.75) is 31.2 Å². The SMILES string of the molecule is COc1ccc2[nH]c3c(c2c1)CCNC31CCN(CCc2ccccc2)CC1. The summed E-state index contributed by atoms with van der Waals surface area (Å²) >= 11 is 0. The van der Waals surface area contributed by atoms with Crippen LogP contribution in [-0.2, 0) is 18.4 Å². The van der Waals surface area contributed by atoms with Crippen molar-refractivity contribution in [3.05, 3.63) is 65.4 Å². The molecule has 0 unspecified atom stereocenters. The highest BCUT2D eigenvalue weighted by atomic mass is 16.5. The Hall–Kier alpha value is -2.30. The first kappa shape index (κ1) is 17.8. The van der Waals surface area contributed by atoms with Gasteiger partial charge in [0.05, 0.1) is 12.6 Å². The van der Waals surface area contributed by atoms with Crippen LogP contribution >= 0.6 is 0 Å². The molecule has 2 aliphatic rings. The first-order valence-corrected chi connectivity index (χ1v) is 10.5. The topological polar surface area (TPSA) is 40.3 Å². The number of hydrogen-bond acceptors (Lipinski definition) is 3. The standard InChI is InChI=1S/C24H29N3O/c1-28-19-7-8-22-21(17-19)20-9-13-25-24(23(20)26-22)11-15-27(16-12-24)14-10-18-5-3-2-4-6-18/h2-8,17,25-26H,9-16H2,1H3. The van der Waals surface area contributed by atoms with Crippen LogP contribution in [0.25, 0.3) is 10.9 Å². The van der Waals surface area contributed by atoms with E-state index in [2.05, 4.69) is 63.7 Å². The monoisotopic (exact) mass is 375 g/mol. The van der Waals surface area contributed by atoms with Gasteiger partial charge in [-0.1, -0.05) is 30.3 Å². The van der Waals surface area contributed by atoms with Gasteiger partial charge >= 0.3 is 0 Å². The maximum absolute atomic E-state index is 5.46. The lowest BCUT2D eigenvalue weighted by Crippen LogP contribution is -2.54. The van der Waals surface area contributed by atoms with E-state index < -0.39 is 0 Å². The molecule has 4 heteroatoms. The van der Waals surface area contributed by atoms with Gasteiger partial charge in [0.15, 0.2) is 0 Å². The highest BCUT2D eigenvalue weighted by Crippen LogP contribution is 2.40. The number of likely N-dealkylation sites (tertiary alicyclic amines) is 1. The Bertz CT molecular complexity index is 955. The van der Waals surface area contributed by atoms with Crippen LogP contribution in [0, 0.1) is 0 Å². The lowest BCUT2D eigenvalue weighted by Gasteiger charge is -2.45. The molecule has 2 aliphatic heterocycles. The van der Waals surface area contributed by atoms with E-state index in [9.17, 15) is 0 Å². The van der Waals surface area contributed by atoms with Gasteiger partial charge in [-0.3, -0.25) is 0 Å². The third-order valence-corrected chi connectivity index (χ3v) is 6.70. The second kappa shape index (κ2) is 7.26. The van der Waals surface area contributed by atoms with Crippen LogP contribution in [0.1, 0.15) is 29.7 Å². The predicted molar refractivity (Wildman–Crippen MR) is 114 cm³/mol. The number of hydrogen-bond donors (Lipinski definition) is 2. The molecule has 1 saturated heterocycles. The summed E-state index contributed by atoms with van der Waals surface area (Å²) in [5.41, 5.74) is 5.68. The number of rotatable bonds is 4. The molecule has 3 aromatic rings. The van der Waals surface area contributed by atoms with E-state index in [1.54, 1.807) is 7.11 Å². The van der Waals surface area contributed by atoms with Crippen molar-refractivity contribution in [3.63, 3.8) is 0 Å². The summed E-state index contributed by atoms with van der Waals surface area (Å²) in [5.74, 6) is 0.942. The van der Waals surface area contributed by atoms with E-state index in [0.717, 1.165) is 44.8 Å². The molecule has 3 heterocycles.